The number of hydrogen-bond acceptors (Lipinski definition) is 2. The molecule has 1 aliphatic rings. The van der Waals surface area contributed by atoms with Gasteiger partial charge >= 0.3 is 0 Å². The van der Waals surface area contributed by atoms with Gasteiger partial charge in [0.15, 0.2) is 0 Å². The maximum Gasteiger partial charge on any atom is 0.119 e. The zero-order valence-electron chi connectivity index (χ0n) is 16.2. The number of nitrogens with zero attached hydrogens (tertiary/aromatic N) is 1. The Bertz CT molecular complexity index is 799. The molecule has 0 aromatic heterocycles. The number of unbranched alkanes of at least 4 members (excludes halogenated alkanes) is 2. The molecule has 0 radical (unpaired) electrons. The van der Waals surface area contributed by atoms with Gasteiger partial charge < -0.3 is 4.74 Å². The van der Waals surface area contributed by atoms with E-state index in [1.807, 2.05) is 24.3 Å². The average molecular weight is 348 g/mol. The van der Waals surface area contributed by atoms with Gasteiger partial charge in [-0.3, -0.25) is 0 Å². The highest BCUT2D eigenvalue weighted by Crippen LogP contribution is 2.39. The number of methoxy groups -OCH3 is 1. The van der Waals surface area contributed by atoms with E-state index in [4.69, 9.17) is 9.73 Å². The molecule has 1 aliphatic carbocycles. The molecule has 3 rings (SSSR count). The van der Waals surface area contributed by atoms with E-state index in [2.05, 4.69) is 38.1 Å². The van der Waals surface area contributed by atoms with E-state index in [0.29, 0.717) is 0 Å². The number of rotatable bonds is 8. The number of benzene rings is 2. The van der Waals surface area contributed by atoms with Crippen LogP contribution in [-0.4, -0.2) is 12.8 Å². The van der Waals surface area contributed by atoms with Crippen LogP contribution in [0.25, 0.3) is 5.57 Å². The predicted octanol–water partition coefficient (Wildman–Crippen LogP) is 6.96. The number of ether oxygens (including phenoxy) is 1. The summed E-state index contributed by atoms with van der Waals surface area (Å²) < 4.78 is 5.27. The summed E-state index contributed by atoms with van der Waals surface area (Å²) >= 11 is 0. The molecule has 2 aromatic rings. The Morgan fingerprint density at radius 3 is 2.00 bits per heavy atom. The molecular weight excluding hydrogens is 318 g/mol. The smallest absolute Gasteiger partial charge is 0.119 e. The molecule has 26 heavy (non-hydrogen) atoms. The van der Waals surface area contributed by atoms with Crippen molar-refractivity contribution in [1.29, 1.82) is 0 Å². The maximum atomic E-state index is 5.27. The van der Waals surface area contributed by atoms with E-state index in [1.54, 1.807) is 7.11 Å². The highest BCUT2D eigenvalue weighted by atomic mass is 16.5. The molecule has 0 atom stereocenters. The lowest BCUT2D eigenvalue weighted by atomic mass is 9.97. The summed E-state index contributed by atoms with van der Waals surface area (Å²) in [5.41, 5.74) is 7.81. The lowest BCUT2D eigenvalue weighted by molar-refractivity contribution is 0.415. The SMILES string of the molecule is CCCCC1=C(CCCC)c2ccccc2C1=Nc1ccc(OC)cc1. The summed E-state index contributed by atoms with van der Waals surface area (Å²) in [6, 6.07) is 16.8. The van der Waals surface area contributed by atoms with Crippen LogP contribution < -0.4 is 4.74 Å². The van der Waals surface area contributed by atoms with E-state index >= 15 is 0 Å². The molecule has 2 aromatic carbocycles. The third-order valence-corrected chi connectivity index (χ3v) is 5.03. The van der Waals surface area contributed by atoms with E-state index < -0.39 is 0 Å². The molecule has 0 saturated carbocycles. The molecule has 2 heteroatoms. The molecule has 0 amide bonds. The van der Waals surface area contributed by atoms with Crippen molar-refractivity contribution in [3.05, 3.63) is 65.2 Å². The molecule has 0 fully saturated rings. The first-order chi connectivity index (χ1) is 12.8. The van der Waals surface area contributed by atoms with Crippen molar-refractivity contribution in [2.45, 2.75) is 52.4 Å². The van der Waals surface area contributed by atoms with Crippen LogP contribution in [0, 0.1) is 0 Å². The lowest BCUT2D eigenvalue weighted by Gasteiger charge is -2.09. The van der Waals surface area contributed by atoms with E-state index in [1.165, 1.54) is 53.7 Å². The van der Waals surface area contributed by atoms with E-state index in [-0.39, 0.29) is 0 Å². The fourth-order valence-corrected chi connectivity index (χ4v) is 3.60. The molecular formula is C24H29NO. The van der Waals surface area contributed by atoms with E-state index in [0.717, 1.165) is 24.3 Å². The van der Waals surface area contributed by atoms with Gasteiger partial charge in [-0.05, 0) is 66.7 Å². The lowest BCUT2D eigenvalue weighted by Crippen LogP contribution is -2.01. The van der Waals surface area contributed by atoms with Crippen LogP contribution in [0.2, 0.25) is 0 Å². The van der Waals surface area contributed by atoms with E-state index in [9.17, 15) is 0 Å². The highest BCUT2D eigenvalue weighted by molar-refractivity contribution is 6.24. The number of allylic oxidation sites excluding steroid dienone is 2. The topological polar surface area (TPSA) is 21.6 Å². The van der Waals surface area contributed by atoms with Crippen LogP contribution in [0.15, 0.2) is 59.1 Å². The van der Waals surface area contributed by atoms with Gasteiger partial charge in [-0.25, -0.2) is 4.99 Å². The first kappa shape index (κ1) is 18.4. The van der Waals surface area contributed by atoms with Gasteiger partial charge in [0.2, 0.25) is 0 Å². The van der Waals surface area contributed by atoms with Crippen molar-refractivity contribution in [2.24, 2.45) is 4.99 Å². The number of fused-ring (bicyclic) bond motifs is 1. The van der Waals surface area contributed by atoms with Gasteiger partial charge in [0.1, 0.15) is 5.75 Å². The Balaban J connectivity index is 2.06. The highest BCUT2D eigenvalue weighted by Gasteiger charge is 2.26. The molecule has 0 bridgehead atoms. The van der Waals surface area contributed by atoms with Crippen molar-refractivity contribution < 1.29 is 4.74 Å². The largest absolute Gasteiger partial charge is 0.497 e. The van der Waals surface area contributed by atoms with Crippen molar-refractivity contribution >= 4 is 17.0 Å². The third kappa shape index (κ3) is 3.90. The standard InChI is InChI=1S/C24H29NO/c1-4-6-10-20-21-12-8-9-13-23(21)24(22(20)11-7-5-2)25-18-14-16-19(26-3)17-15-18/h8-9,12-17H,4-7,10-11H2,1-3H3. The normalized spacial score (nSPS) is 14.8. The zero-order chi connectivity index (χ0) is 18.4. The molecule has 0 unspecified atom stereocenters. The molecule has 0 spiro atoms. The Hall–Kier alpha value is -2.35. The van der Waals surface area contributed by atoms with Crippen LogP contribution in [-0.2, 0) is 0 Å². The van der Waals surface area contributed by atoms with Crippen LogP contribution in [0.4, 0.5) is 5.69 Å². The second kappa shape index (κ2) is 8.84. The summed E-state index contributed by atoms with van der Waals surface area (Å²) in [5, 5.41) is 0. The maximum absolute atomic E-state index is 5.27. The Morgan fingerprint density at radius 2 is 1.38 bits per heavy atom. The summed E-state index contributed by atoms with van der Waals surface area (Å²) in [4.78, 5) is 5.07. The first-order valence-corrected chi connectivity index (χ1v) is 9.83. The van der Waals surface area contributed by atoms with Crippen molar-refractivity contribution in [2.75, 3.05) is 7.11 Å². The second-order valence-corrected chi connectivity index (χ2v) is 6.87. The summed E-state index contributed by atoms with van der Waals surface area (Å²) in [6.45, 7) is 4.52. The summed E-state index contributed by atoms with van der Waals surface area (Å²) in [7, 11) is 1.69. The third-order valence-electron chi connectivity index (χ3n) is 5.03. The Kier molecular flexibility index (Phi) is 6.27. The minimum atomic E-state index is 0.867. The molecule has 2 nitrogen and oxygen atoms in total. The minimum Gasteiger partial charge on any atom is -0.497 e. The van der Waals surface area contributed by atoms with Gasteiger partial charge in [-0.15, -0.1) is 0 Å². The van der Waals surface area contributed by atoms with Crippen molar-refractivity contribution in [3.8, 4) is 5.75 Å². The van der Waals surface area contributed by atoms with Crippen LogP contribution in [0.1, 0.15) is 63.5 Å². The fourth-order valence-electron chi connectivity index (χ4n) is 3.60. The Morgan fingerprint density at radius 1 is 0.769 bits per heavy atom. The molecule has 0 N–H and O–H groups in total. The summed E-state index contributed by atoms with van der Waals surface area (Å²) in [6.07, 6.45) is 7.12. The minimum absolute atomic E-state index is 0.867. The van der Waals surface area contributed by atoms with Gasteiger partial charge in [0.05, 0.1) is 18.5 Å². The molecule has 0 aliphatic heterocycles. The summed E-state index contributed by atoms with van der Waals surface area (Å²) in [5.74, 6) is 0.867. The van der Waals surface area contributed by atoms with Crippen molar-refractivity contribution in [3.63, 3.8) is 0 Å². The fraction of sp³-hybridized carbons (Fsp3) is 0.375. The molecule has 0 saturated heterocycles. The van der Waals surface area contributed by atoms with Gasteiger partial charge in [-0.2, -0.15) is 0 Å². The van der Waals surface area contributed by atoms with Gasteiger partial charge in [-0.1, -0.05) is 51.0 Å². The Labute approximate surface area is 157 Å². The first-order valence-electron chi connectivity index (χ1n) is 9.83. The second-order valence-electron chi connectivity index (χ2n) is 6.87. The van der Waals surface area contributed by atoms with Crippen LogP contribution in [0.5, 0.6) is 5.75 Å². The number of aliphatic imine (C=N–C) groups is 1. The monoisotopic (exact) mass is 347 g/mol. The van der Waals surface area contributed by atoms with Crippen LogP contribution in [0.3, 0.4) is 0 Å². The average Bonchev–Trinajstić information content (AvgIpc) is 2.98. The zero-order valence-corrected chi connectivity index (χ0v) is 16.2. The number of hydrogen-bond donors (Lipinski definition) is 0. The molecule has 136 valence electrons. The predicted molar refractivity (Wildman–Crippen MR) is 112 cm³/mol. The quantitative estimate of drug-likeness (QED) is 0.505. The van der Waals surface area contributed by atoms with Gasteiger partial charge in [0, 0.05) is 5.56 Å². The van der Waals surface area contributed by atoms with Gasteiger partial charge in [0.25, 0.3) is 0 Å². The van der Waals surface area contributed by atoms with Crippen LogP contribution >= 0.6 is 0 Å². The molecule has 0 heterocycles. The van der Waals surface area contributed by atoms with Crippen molar-refractivity contribution in [1.82, 2.24) is 0 Å².